The highest BCUT2D eigenvalue weighted by Crippen LogP contribution is 2.25. The number of hydrogen-bond donors (Lipinski definition) is 3. The fourth-order valence-electron chi connectivity index (χ4n) is 1.87. The van der Waals surface area contributed by atoms with Crippen molar-refractivity contribution in [2.75, 3.05) is 12.8 Å². The number of nitro benzene ring substituents is 1. The molecule has 0 amide bonds. The summed E-state index contributed by atoms with van der Waals surface area (Å²) < 4.78 is 34.4. The molecule has 0 spiro atoms. The summed E-state index contributed by atoms with van der Waals surface area (Å²) in [6, 6.07) is 10.9. The predicted molar refractivity (Wildman–Crippen MR) is 93.6 cm³/mol. The maximum Gasteiger partial charge on any atom is 0.273 e. The summed E-state index contributed by atoms with van der Waals surface area (Å²) in [6.07, 6.45) is 0. The molecule has 5 N–H and O–H groups in total. The lowest BCUT2D eigenvalue weighted by atomic mass is 10.1. The van der Waals surface area contributed by atoms with Gasteiger partial charge >= 0.3 is 0 Å². The van der Waals surface area contributed by atoms with Gasteiger partial charge in [0.05, 0.1) is 23.8 Å². The second kappa shape index (κ2) is 8.97. The smallest absolute Gasteiger partial charge is 0.273 e. The number of hydrogen-bond acceptors (Lipinski definition) is 7. The number of benzene rings is 2. The Labute approximate surface area is 145 Å². The van der Waals surface area contributed by atoms with Crippen molar-refractivity contribution in [3.05, 3.63) is 63.7 Å². The lowest BCUT2D eigenvalue weighted by Crippen LogP contribution is -2.03. The Kier molecular flexibility index (Phi) is 7.30. The average Bonchev–Trinajstić information content (AvgIpc) is 2.54. The molecule has 0 bridgehead atoms. The van der Waals surface area contributed by atoms with E-state index in [9.17, 15) is 18.5 Å². The molecule has 0 aromatic heterocycles. The molecule has 0 saturated carbocycles. The van der Waals surface area contributed by atoms with Gasteiger partial charge in [-0.1, -0.05) is 24.3 Å². The predicted octanol–water partition coefficient (Wildman–Crippen LogP) is 1.72. The van der Waals surface area contributed by atoms with E-state index >= 15 is 0 Å². The molecule has 0 aliphatic rings. The molecular formula is C15H19N3O6S. The first-order chi connectivity index (χ1) is 11.7. The van der Waals surface area contributed by atoms with Crippen LogP contribution in [-0.2, 0) is 22.4 Å². The fourth-order valence-corrected chi connectivity index (χ4v) is 2.47. The van der Waals surface area contributed by atoms with Crippen LogP contribution in [0.2, 0.25) is 0 Å². The normalized spacial score (nSPS) is 10.5. The molecule has 0 aliphatic carbocycles. The van der Waals surface area contributed by atoms with Gasteiger partial charge in [-0.3, -0.25) is 14.7 Å². The van der Waals surface area contributed by atoms with E-state index in [-0.39, 0.29) is 11.4 Å². The molecule has 0 aliphatic heterocycles. The second-order valence-corrected chi connectivity index (χ2v) is 6.39. The van der Waals surface area contributed by atoms with Gasteiger partial charge in [-0.15, -0.1) is 0 Å². The lowest BCUT2D eigenvalue weighted by molar-refractivity contribution is -0.384. The van der Waals surface area contributed by atoms with Crippen LogP contribution in [0.15, 0.2) is 42.5 Å². The van der Waals surface area contributed by atoms with E-state index in [0.29, 0.717) is 23.5 Å². The van der Waals surface area contributed by atoms with Crippen molar-refractivity contribution >= 4 is 21.5 Å². The topological polar surface area (TPSA) is 159 Å². The Bertz CT molecular complexity index is 839. The number of non-ortho nitro benzene ring substituents is 1. The van der Waals surface area contributed by atoms with Crippen LogP contribution in [0.1, 0.15) is 11.1 Å². The van der Waals surface area contributed by atoms with Gasteiger partial charge in [0.25, 0.3) is 15.8 Å². The molecule has 2 aromatic rings. The van der Waals surface area contributed by atoms with Crippen molar-refractivity contribution in [3.8, 4) is 5.75 Å². The Balaban J connectivity index is 0.000000251. The van der Waals surface area contributed by atoms with Crippen LogP contribution >= 0.6 is 0 Å². The highest BCUT2D eigenvalue weighted by molar-refractivity contribution is 7.85. The molecule has 9 nitrogen and oxygen atoms in total. The third-order valence-electron chi connectivity index (χ3n) is 3.00. The van der Waals surface area contributed by atoms with E-state index < -0.39 is 15.0 Å². The quantitative estimate of drug-likeness (QED) is 0.311. The number of nitro groups is 1. The number of nitrogen functional groups attached to an aromatic ring is 1. The van der Waals surface area contributed by atoms with E-state index in [0.717, 1.165) is 5.56 Å². The zero-order valence-electron chi connectivity index (χ0n) is 13.5. The van der Waals surface area contributed by atoms with Gasteiger partial charge < -0.3 is 16.2 Å². The Morgan fingerprint density at radius 1 is 1.20 bits per heavy atom. The summed E-state index contributed by atoms with van der Waals surface area (Å²) in [4.78, 5) is 9.79. The minimum atomic E-state index is -3.94. The summed E-state index contributed by atoms with van der Waals surface area (Å²) in [7, 11) is -2.53. The number of methoxy groups -OCH3 is 1. The minimum Gasteiger partial charge on any atom is -0.494 e. The maximum absolute atomic E-state index is 10.5. The van der Waals surface area contributed by atoms with Gasteiger partial charge in [-0.25, -0.2) is 0 Å². The SMILES string of the molecule is COc1cc([N+](=O)[O-])ccc1N.NCc1cccc(CS(=O)(=O)O)c1. The molecule has 0 heterocycles. The van der Waals surface area contributed by atoms with Crippen molar-refractivity contribution < 1.29 is 22.6 Å². The lowest BCUT2D eigenvalue weighted by Gasteiger charge is -2.02. The molecule has 0 atom stereocenters. The average molecular weight is 369 g/mol. The Morgan fingerprint density at radius 2 is 1.84 bits per heavy atom. The Hall–Kier alpha value is -2.69. The minimum absolute atomic E-state index is 0.0268. The molecule has 0 fully saturated rings. The molecular weight excluding hydrogens is 350 g/mol. The highest BCUT2D eigenvalue weighted by atomic mass is 32.2. The van der Waals surface area contributed by atoms with Crippen molar-refractivity contribution in [1.29, 1.82) is 0 Å². The standard InChI is InChI=1S/C8H11NO3S.C7H8N2O3/c9-5-7-2-1-3-8(4-7)6-13(10,11)12;1-12-7-4-5(9(10)11)2-3-6(7)8/h1-4H,5-6,9H2,(H,10,11,12);2-4H,8H2,1H3. The monoisotopic (exact) mass is 369 g/mol. The summed E-state index contributed by atoms with van der Waals surface area (Å²) in [5, 5.41) is 10.3. The van der Waals surface area contributed by atoms with E-state index in [1.165, 1.54) is 25.3 Å². The van der Waals surface area contributed by atoms with Gasteiger partial charge in [0.15, 0.2) is 0 Å². The van der Waals surface area contributed by atoms with Crippen LogP contribution in [-0.4, -0.2) is 25.0 Å². The molecule has 0 saturated heterocycles. The van der Waals surface area contributed by atoms with E-state index in [1.807, 2.05) is 0 Å². The van der Waals surface area contributed by atoms with E-state index in [2.05, 4.69) is 0 Å². The largest absolute Gasteiger partial charge is 0.494 e. The first kappa shape index (κ1) is 20.4. The van der Waals surface area contributed by atoms with Crippen molar-refractivity contribution in [3.63, 3.8) is 0 Å². The summed E-state index contributed by atoms with van der Waals surface area (Å²) in [5.74, 6) is -0.0369. The van der Waals surface area contributed by atoms with E-state index in [4.69, 9.17) is 20.8 Å². The Morgan fingerprint density at radius 3 is 2.36 bits per heavy atom. The molecule has 25 heavy (non-hydrogen) atoms. The van der Waals surface area contributed by atoms with Crippen LogP contribution in [0.4, 0.5) is 11.4 Å². The van der Waals surface area contributed by atoms with Gasteiger partial charge in [-0.2, -0.15) is 8.42 Å². The first-order valence-corrected chi connectivity index (χ1v) is 8.58. The van der Waals surface area contributed by atoms with Crippen LogP contribution in [0, 0.1) is 10.1 Å². The third kappa shape index (κ3) is 7.16. The highest BCUT2D eigenvalue weighted by Gasteiger charge is 2.08. The molecule has 0 radical (unpaired) electrons. The van der Waals surface area contributed by atoms with Crippen molar-refractivity contribution in [2.45, 2.75) is 12.3 Å². The molecule has 136 valence electrons. The van der Waals surface area contributed by atoms with Gasteiger partial charge in [-0.05, 0) is 17.2 Å². The third-order valence-corrected chi connectivity index (χ3v) is 3.70. The van der Waals surface area contributed by atoms with Gasteiger partial charge in [0, 0.05) is 12.6 Å². The zero-order chi connectivity index (χ0) is 19.0. The molecule has 10 heteroatoms. The summed E-state index contributed by atoms with van der Waals surface area (Å²) in [5.41, 5.74) is 12.6. The number of anilines is 1. The summed E-state index contributed by atoms with van der Waals surface area (Å²) >= 11 is 0. The molecule has 2 aromatic carbocycles. The fraction of sp³-hybridized carbons (Fsp3) is 0.200. The number of nitrogens with two attached hydrogens (primary N) is 2. The summed E-state index contributed by atoms with van der Waals surface area (Å²) in [6.45, 7) is 0.360. The van der Waals surface area contributed by atoms with Crippen molar-refractivity contribution in [2.24, 2.45) is 5.73 Å². The zero-order valence-corrected chi connectivity index (χ0v) is 14.3. The van der Waals surface area contributed by atoms with Crippen LogP contribution in [0.5, 0.6) is 5.75 Å². The molecule has 2 rings (SSSR count). The van der Waals surface area contributed by atoms with Crippen LogP contribution in [0.3, 0.4) is 0 Å². The van der Waals surface area contributed by atoms with Crippen LogP contribution in [0.25, 0.3) is 0 Å². The van der Waals surface area contributed by atoms with Crippen molar-refractivity contribution in [1.82, 2.24) is 0 Å². The molecule has 0 unspecified atom stereocenters. The number of nitrogens with zero attached hydrogens (tertiary/aromatic N) is 1. The van der Waals surface area contributed by atoms with Gasteiger partial charge in [0.1, 0.15) is 11.5 Å². The van der Waals surface area contributed by atoms with Gasteiger partial charge in [0.2, 0.25) is 0 Å². The van der Waals surface area contributed by atoms with E-state index in [1.54, 1.807) is 24.3 Å². The number of ether oxygens (including phenoxy) is 1. The first-order valence-electron chi connectivity index (χ1n) is 6.97. The number of rotatable bonds is 5. The maximum atomic E-state index is 10.5. The van der Waals surface area contributed by atoms with Crippen LogP contribution < -0.4 is 16.2 Å². The second-order valence-electron chi connectivity index (χ2n) is 4.93.